The molecule has 1 aliphatic rings. The van der Waals surface area contributed by atoms with Gasteiger partial charge in [0.15, 0.2) is 0 Å². The SMILES string of the molecule is CN(Cc1cccc(N2CCC(C(=O)O)CC2)c1)C(=O)c1ccc(S(=O)(=O)N(C)C)cc1. The van der Waals surface area contributed by atoms with Crippen molar-refractivity contribution in [3.8, 4) is 0 Å². The standard InChI is InChI=1S/C23H29N3O5S/c1-24(2)32(30,31)21-9-7-18(8-10-21)22(27)25(3)16-17-5-4-6-20(15-17)26-13-11-19(12-14-26)23(28)29/h4-10,15,19H,11-14,16H2,1-3H3,(H,28,29). The zero-order valence-corrected chi connectivity index (χ0v) is 19.4. The highest BCUT2D eigenvalue weighted by molar-refractivity contribution is 7.89. The molecule has 1 heterocycles. The minimum absolute atomic E-state index is 0.140. The van der Waals surface area contributed by atoms with Crippen LogP contribution >= 0.6 is 0 Å². The van der Waals surface area contributed by atoms with Crippen molar-refractivity contribution in [2.24, 2.45) is 5.92 Å². The highest BCUT2D eigenvalue weighted by atomic mass is 32.2. The van der Waals surface area contributed by atoms with Crippen LogP contribution in [-0.4, -0.2) is 68.8 Å². The van der Waals surface area contributed by atoms with Crippen LogP contribution in [0.4, 0.5) is 5.69 Å². The second-order valence-electron chi connectivity index (χ2n) is 8.24. The van der Waals surface area contributed by atoms with E-state index in [9.17, 15) is 23.1 Å². The number of amides is 1. The van der Waals surface area contributed by atoms with Crippen molar-refractivity contribution in [1.29, 1.82) is 0 Å². The summed E-state index contributed by atoms with van der Waals surface area (Å²) in [6.45, 7) is 1.78. The monoisotopic (exact) mass is 459 g/mol. The summed E-state index contributed by atoms with van der Waals surface area (Å²) in [6.07, 6.45) is 1.25. The van der Waals surface area contributed by atoms with Gasteiger partial charge in [0.1, 0.15) is 0 Å². The zero-order chi connectivity index (χ0) is 23.5. The molecule has 1 saturated heterocycles. The Kier molecular flexibility index (Phi) is 7.20. The molecular weight excluding hydrogens is 430 g/mol. The minimum Gasteiger partial charge on any atom is -0.481 e. The van der Waals surface area contributed by atoms with Crippen molar-refractivity contribution in [2.45, 2.75) is 24.3 Å². The Morgan fingerprint density at radius 2 is 1.66 bits per heavy atom. The Bertz CT molecular complexity index is 1080. The van der Waals surface area contributed by atoms with E-state index in [4.69, 9.17) is 0 Å². The molecule has 8 nitrogen and oxygen atoms in total. The van der Waals surface area contributed by atoms with Crippen molar-refractivity contribution in [1.82, 2.24) is 9.21 Å². The number of carbonyl (C=O) groups is 2. The average Bonchev–Trinajstić information content (AvgIpc) is 2.78. The number of piperidine rings is 1. The quantitative estimate of drug-likeness (QED) is 0.683. The topological polar surface area (TPSA) is 98.2 Å². The van der Waals surface area contributed by atoms with E-state index in [2.05, 4.69) is 4.90 Å². The number of carboxylic acids is 1. The summed E-state index contributed by atoms with van der Waals surface area (Å²) in [5.41, 5.74) is 2.40. The zero-order valence-electron chi connectivity index (χ0n) is 18.6. The fourth-order valence-corrected chi connectivity index (χ4v) is 4.68. The van der Waals surface area contributed by atoms with Crippen LogP contribution < -0.4 is 4.90 Å². The number of carbonyl (C=O) groups excluding carboxylic acids is 1. The molecule has 9 heteroatoms. The van der Waals surface area contributed by atoms with Gasteiger partial charge in [-0.25, -0.2) is 12.7 Å². The molecule has 1 fully saturated rings. The summed E-state index contributed by atoms with van der Waals surface area (Å²) in [5, 5.41) is 9.18. The van der Waals surface area contributed by atoms with Gasteiger partial charge < -0.3 is 14.9 Å². The maximum absolute atomic E-state index is 12.8. The number of sulfonamides is 1. The van der Waals surface area contributed by atoms with E-state index in [0.717, 1.165) is 15.6 Å². The molecule has 32 heavy (non-hydrogen) atoms. The second kappa shape index (κ2) is 9.70. The molecule has 3 rings (SSSR count). The van der Waals surface area contributed by atoms with Crippen LogP contribution in [-0.2, 0) is 21.4 Å². The maximum atomic E-state index is 12.8. The lowest BCUT2D eigenvalue weighted by Gasteiger charge is -2.32. The highest BCUT2D eigenvalue weighted by Crippen LogP contribution is 2.25. The maximum Gasteiger partial charge on any atom is 0.306 e. The molecule has 1 aliphatic heterocycles. The normalized spacial score (nSPS) is 15.1. The number of anilines is 1. The third-order valence-corrected chi connectivity index (χ3v) is 7.60. The largest absolute Gasteiger partial charge is 0.481 e. The van der Waals surface area contributed by atoms with Crippen LogP contribution in [0, 0.1) is 5.92 Å². The van der Waals surface area contributed by atoms with E-state index in [1.165, 1.54) is 38.4 Å². The van der Waals surface area contributed by atoms with Crippen molar-refractivity contribution >= 4 is 27.6 Å². The average molecular weight is 460 g/mol. The smallest absolute Gasteiger partial charge is 0.306 e. The van der Waals surface area contributed by atoms with Crippen LogP contribution in [0.15, 0.2) is 53.4 Å². The number of nitrogens with zero attached hydrogens (tertiary/aromatic N) is 3. The third-order valence-electron chi connectivity index (χ3n) is 5.77. The van der Waals surface area contributed by atoms with E-state index in [1.807, 2.05) is 24.3 Å². The number of aliphatic carboxylic acids is 1. The number of carboxylic acid groups (broad SMARTS) is 1. The van der Waals surface area contributed by atoms with E-state index >= 15 is 0 Å². The van der Waals surface area contributed by atoms with Crippen LogP contribution in [0.3, 0.4) is 0 Å². The Balaban J connectivity index is 1.66. The lowest BCUT2D eigenvalue weighted by Crippen LogP contribution is -2.36. The van der Waals surface area contributed by atoms with Gasteiger partial charge in [0.05, 0.1) is 10.8 Å². The number of hydrogen-bond acceptors (Lipinski definition) is 5. The molecule has 0 radical (unpaired) electrons. The van der Waals surface area contributed by atoms with Crippen molar-refractivity contribution in [2.75, 3.05) is 39.1 Å². The van der Waals surface area contributed by atoms with Gasteiger partial charge >= 0.3 is 5.97 Å². The highest BCUT2D eigenvalue weighted by Gasteiger charge is 2.25. The molecular formula is C23H29N3O5S. The molecule has 0 spiro atoms. The van der Waals surface area contributed by atoms with Gasteiger partial charge in [0, 0.05) is 52.0 Å². The van der Waals surface area contributed by atoms with Crippen LogP contribution in [0.2, 0.25) is 0 Å². The molecule has 0 unspecified atom stereocenters. The Hall–Kier alpha value is -2.91. The number of hydrogen-bond donors (Lipinski definition) is 1. The number of benzene rings is 2. The summed E-state index contributed by atoms with van der Waals surface area (Å²) in [4.78, 5) is 27.9. The molecule has 0 saturated carbocycles. The summed E-state index contributed by atoms with van der Waals surface area (Å²) in [5.74, 6) is -1.21. The van der Waals surface area contributed by atoms with E-state index in [-0.39, 0.29) is 16.7 Å². The van der Waals surface area contributed by atoms with E-state index < -0.39 is 16.0 Å². The van der Waals surface area contributed by atoms with Crippen LogP contribution in [0.1, 0.15) is 28.8 Å². The predicted molar refractivity (Wildman–Crippen MR) is 122 cm³/mol. The van der Waals surface area contributed by atoms with Gasteiger partial charge in [-0.15, -0.1) is 0 Å². The molecule has 0 atom stereocenters. The summed E-state index contributed by atoms with van der Waals surface area (Å²) < 4.78 is 25.5. The first kappa shape index (κ1) is 23.7. The van der Waals surface area contributed by atoms with E-state index in [0.29, 0.717) is 38.0 Å². The Labute approximate surface area is 189 Å². The molecule has 2 aromatic carbocycles. The molecule has 0 bridgehead atoms. The predicted octanol–water partition coefficient (Wildman–Crippen LogP) is 2.51. The first-order valence-electron chi connectivity index (χ1n) is 10.4. The summed E-state index contributed by atoms with van der Waals surface area (Å²) in [6, 6.07) is 13.8. The van der Waals surface area contributed by atoms with Crippen LogP contribution in [0.5, 0.6) is 0 Å². The molecule has 0 aliphatic carbocycles. The van der Waals surface area contributed by atoms with Crippen molar-refractivity contribution in [3.63, 3.8) is 0 Å². The molecule has 1 N–H and O–H groups in total. The lowest BCUT2D eigenvalue weighted by molar-refractivity contribution is -0.142. The van der Waals surface area contributed by atoms with E-state index in [1.54, 1.807) is 11.9 Å². The van der Waals surface area contributed by atoms with Gasteiger partial charge in [0.2, 0.25) is 10.0 Å². The molecule has 2 aromatic rings. The summed E-state index contributed by atoms with van der Waals surface area (Å²) in [7, 11) is 1.09. The van der Waals surface area contributed by atoms with Gasteiger partial charge in [-0.05, 0) is 54.8 Å². The molecule has 1 amide bonds. The molecule has 0 aromatic heterocycles. The van der Waals surface area contributed by atoms with Crippen LogP contribution in [0.25, 0.3) is 0 Å². The Morgan fingerprint density at radius 3 is 2.22 bits per heavy atom. The van der Waals surface area contributed by atoms with Gasteiger partial charge in [0.25, 0.3) is 5.91 Å². The van der Waals surface area contributed by atoms with Gasteiger partial charge in [-0.2, -0.15) is 0 Å². The first-order chi connectivity index (χ1) is 15.1. The van der Waals surface area contributed by atoms with Crippen molar-refractivity contribution < 1.29 is 23.1 Å². The molecule has 172 valence electrons. The lowest BCUT2D eigenvalue weighted by atomic mass is 9.96. The second-order valence-corrected chi connectivity index (χ2v) is 10.4. The fourth-order valence-electron chi connectivity index (χ4n) is 3.78. The van der Waals surface area contributed by atoms with Gasteiger partial charge in [-0.1, -0.05) is 12.1 Å². The third kappa shape index (κ3) is 5.28. The summed E-state index contributed by atoms with van der Waals surface area (Å²) >= 11 is 0. The fraction of sp³-hybridized carbons (Fsp3) is 0.391. The van der Waals surface area contributed by atoms with Gasteiger partial charge in [-0.3, -0.25) is 9.59 Å². The number of rotatable bonds is 7. The van der Waals surface area contributed by atoms with Crippen molar-refractivity contribution in [3.05, 3.63) is 59.7 Å². The minimum atomic E-state index is -3.54. The Morgan fingerprint density at radius 1 is 1.03 bits per heavy atom. The first-order valence-corrected chi connectivity index (χ1v) is 11.9.